The highest BCUT2D eigenvalue weighted by atomic mass is 32.2. The Labute approximate surface area is 123 Å². The van der Waals surface area contributed by atoms with Crippen LogP contribution in [0.5, 0.6) is 0 Å². The molecule has 0 bridgehead atoms. The molecule has 1 heterocycles. The number of aryl methyl sites for hydroxylation is 2. The summed E-state index contributed by atoms with van der Waals surface area (Å²) in [5, 5.41) is 8.69. The first-order valence-electron chi connectivity index (χ1n) is 6.15. The minimum atomic E-state index is -2.95. The molecule has 2 aromatic rings. The lowest BCUT2D eigenvalue weighted by Crippen LogP contribution is -2.06. The lowest BCUT2D eigenvalue weighted by atomic mass is 10.1. The number of aromatic nitrogens is 3. The molecule has 0 unspecified atom stereocenters. The van der Waals surface area contributed by atoms with E-state index >= 15 is 0 Å². The molecule has 0 spiro atoms. The van der Waals surface area contributed by atoms with Crippen LogP contribution in [0.3, 0.4) is 0 Å². The molecular weight excluding hydrogens is 294 g/mol. The Morgan fingerprint density at radius 1 is 1.30 bits per heavy atom. The van der Waals surface area contributed by atoms with Crippen molar-refractivity contribution in [3.63, 3.8) is 0 Å². The molecule has 0 fully saturated rings. The van der Waals surface area contributed by atoms with E-state index in [0.29, 0.717) is 10.9 Å². The molecule has 0 atom stereocenters. The zero-order valence-electron chi connectivity index (χ0n) is 11.7. The second kappa shape index (κ2) is 5.97. The number of benzene rings is 1. The topological polar surface area (TPSA) is 64.8 Å². The highest BCUT2D eigenvalue weighted by molar-refractivity contribution is 8.00. The lowest BCUT2D eigenvalue weighted by molar-refractivity contribution is 0.603. The third-order valence-electron chi connectivity index (χ3n) is 2.81. The van der Waals surface area contributed by atoms with Crippen LogP contribution in [0.25, 0.3) is 5.69 Å². The highest BCUT2D eigenvalue weighted by Gasteiger charge is 2.10. The highest BCUT2D eigenvalue weighted by Crippen LogP contribution is 2.22. The normalized spacial score (nSPS) is 11.8. The van der Waals surface area contributed by atoms with Gasteiger partial charge in [0.25, 0.3) is 0 Å². The summed E-state index contributed by atoms with van der Waals surface area (Å²) in [7, 11) is -2.95. The molecule has 0 amide bonds. The third kappa shape index (κ3) is 3.83. The Kier molecular flexibility index (Phi) is 4.49. The molecule has 2 rings (SSSR count). The van der Waals surface area contributed by atoms with Gasteiger partial charge in [-0.3, -0.25) is 4.57 Å². The van der Waals surface area contributed by atoms with E-state index in [1.165, 1.54) is 23.6 Å². The summed E-state index contributed by atoms with van der Waals surface area (Å²) in [6.07, 6.45) is 2.89. The molecule has 5 nitrogen and oxygen atoms in total. The van der Waals surface area contributed by atoms with Gasteiger partial charge in [-0.05, 0) is 25.5 Å². The Bertz CT molecular complexity index is 708. The predicted molar refractivity (Wildman–Crippen MR) is 81.3 cm³/mol. The fourth-order valence-corrected chi connectivity index (χ4v) is 3.96. The average molecular weight is 311 g/mol. The molecule has 108 valence electrons. The number of nitrogens with zero attached hydrogens (tertiary/aromatic N) is 3. The standard InChI is InChI=1S/C13H17N3O2S2/c1-10-4-5-12(11(2)8-10)16-9-14-15-13(16)19-6-7-20(3,17)18/h4-5,8-9H,6-7H2,1-3H3. The Morgan fingerprint density at radius 3 is 2.70 bits per heavy atom. The number of hydrogen-bond acceptors (Lipinski definition) is 5. The molecule has 20 heavy (non-hydrogen) atoms. The third-order valence-corrected chi connectivity index (χ3v) is 4.96. The number of thioether (sulfide) groups is 1. The first-order chi connectivity index (χ1) is 9.37. The second-order valence-electron chi connectivity index (χ2n) is 4.75. The molecule has 0 aliphatic carbocycles. The van der Waals surface area contributed by atoms with E-state index in [4.69, 9.17) is 0 Å². The molecule has 0 saturated heterocycles. The van der Waals surface area contributed by atoms with Crippen LogP contribution in [-0.4, -0.2) is 40.9 Å². The molecule has 0 N–H and O–H groups in total. The van der Waals surface area contributed by atoms with Gasteiger partial charge in [-0.2, -0.15) is 0 Å². The quantitative estimate of drug-likeness (QED) is 0.790. The zero-order valence-corrected chi connectivity index (χ0v) is 13.3. The van der Waals surface area contributed by atoms with Gasteiger partial charge in [0, 0.05) is 12.0 Å². The maximum Gasteiger partial charge on any atom is 0.195 e. The van der Waals surface area contributed by atoms with Gasteiger partial charge in [-0.25, -0.2) is 8.42 Å². The summed E-state index contributed by atoms with van der Waals surface area (Å²) in [6.45, 7) is 4.08. The Balaban J connectivity index is 2.20. The van der Waals surface area contributed by atoms with E-state index in [9.17, 15) is 8.42 Å². The molecule has 0 aliphatic rings. The Morgan fingerprint density at radius 2 is 2.05 bits per heavy atom. The Hall–Kier alpha value is -1.34. The van der Waals surface area contributed by atoms with Gasteiger partial charge < -0.3 is 0 Å². The molecule has 0 radical (unpaired) electrons. The van der Waals surface area contributed by atoms with E-state index in [2.05, 4.69) is 16.3 Å². The zero-order chi connectivity index (χ0) is 14.8. The molecule has 1 aromatic carbocycles. The van der Waals surface area contributed by atoms with Gasteiger partial charge in [0.15, 0.2) is 5.16 Å². The fourth-order valence-electron chi connectivity index (χ4n) is 1.85. The van der Waals surface area contributed by atoms with E-state index in [1.807, 2.05) is 30.5 Å². The van der Waals surface area contributed by atoms with Crippen molar-refractivity contribution < 1.29 is 8.42 Å². The first-order valence-corrected chi connectivity index (χ1v) is 9.19. The van der Waals surface area contributed by atoms with Gasteiger partial charge in [0.05, 0.1) is 11.4 Å². The summed E-state index contributed by atoms with van der Waals surface area (Å²) >= 11 is 1.40. The lowest BCUT2D eigenvalue weighted by Gasteiger charge is -2.09. The van der Waals surface area contributed by atoms with Crippen molar-refractivity contribution in [3.8, 4) is 5.69 Å². The van der Waals surface area contributed by atoms with Crippen LogP contribution in [0.15, 0.2) is 29.7 Å². The first kappa shape index (κ1) is 15.1. The van der Waals surface area contributed by atoms with Gasteiger partial charge in [-0.15, -0.1) is 10.2 Å². The molecule has 1 aromatic heterocycles. The minimum Gasteiger partial charge on any atom is -0.276 e. The van der Waals surface area contributed by atoms with Crippen LogP contribution in [0.4, 0.5) is 0 Å². The molecule has 0 saturated carbocycles. The van der Waals surface area contributed by atoms with Crippen molar-refractivity contribution in [2.24, 2.45) is 0 Å². The maximum atomic E-state index is 11.2. The summed E-state index contributed by atoms with van der Waals surface area (Å²) in [5.41, 5.74) is 3.35. The van der Waals surface area contributed by atoms with Gasteiger partial charge in [0.2, 0.25) is 0 Å². The van der Waals surface area contributed by atoms with Gasteiger partial charge in [-0.1, -0.05) is 29.5 Å². The average Bonchev–Trinajstić information content (AvgIpc) is 2.75. The maximum absolute atomic E-state index is 11.2. The van der Waals surface area contributed by atoms with Crippen molar-refractivity contribution in [3.05, 3.63) is 35.7 Å². The van der Waals surface area contributed by atoms with E-state index in [-0.39, 0.29) is 5.75 Å². The fraction of sp³-hybridized carbons (Fsp3) is 0.385. The van der Waals surface area contributed by atoms with Crippen LogP contribution < -0.4 is 0 Å². The number of rotatable bonds is 5. The largest absolute Gasteiger partial charge is 0.276 e. The van der Waals surface area contributed by atoms with Crippen molar-refractivity contribution in [2.75, 3.05) is 17.8 Å². The van der Waals surface area contributed by atoms with Crippen LogP contribution in [0.1, 0.15) is 11.1 Å². The summed E-state index contributed by atoms with van der Waals surface area (Å²) in [6, 6.07) is 6.15. The van der Waals surface area contributed by atoms with Gasteiger partial charge >= 0.3 is 0 Å². The number of sulfone groups is 1. The van der Waals surface area contributed by atoms with Crippen molar-refractivity contribution in [1.82, 2.24) is 14.8 Å². The summed E-state index contributed by atoms with van der Waals surface area (Å²) < 4.78 is 24.2. The minimum absolute atomic E-state index is 0.136. The molecule has 0 aliphatic heterocycles. The van der Waals surface area contributed by atoms with Crippen molar-refractivity contribution in [1.29, 1.82) is 0 Å². The predicted octanol–water partition coefficient (Wildman–Crippen LogP) is 2.02. The molecular formula is C13H17N3O2S2. The second-order valence-corrected chi connectivity index (χ2v) is 8.07. The van der Waals surface area contributed by atoms with E-state index in [0.717, 1.165) is 11.3 Å². The smallest absolute Gasteiger partial charge is 0.195 e. The van der Waals surface area contributed by atoms with E-state index < -0.39 is 9.84 Å². The van der Waals surface area contributed by atoms with Gasteiger partial charge in [0.1, 0.15) is 16.2 Å². The summed E-state index contributed by atoms with van der Waals surface area (Å²) in [5.74, 6) is 0.611. The van der Waals surface area contributed by atoms with Crippen molar-refractivity contribution in [2.45, 2.75) is 19.0 Å². The van der Waals surface area contributed by atoms with E-state index in [1.54, 1.807) is 6.33 Å². The number of hydrogen-bond donors (Lipinski definition) is 0. The van der Waals surface area contributed by atoms with Crippen LogP contribution in [0.2, 0.25) is 0 Å². The van der Waals surface area contributed by atoms with Crippen LogP contribution in [-0.2, 0) is 9.84 Å². The summed E-state index contributed by atoms with van der Waals surface area (Å²) in [4.78, 5) is 0. The molecule has 7 heteroatoms. The monoisotopic (exact) mass is 311 g/mol. The van der Waals surface area contributed by atoms with Crippen molar-refractivity contribution >= 4 is 21.6 Å². The van der Waals surface area contributed by atoms with Crippen LogP contribution in [0, 0.1) is 13.8 Å². The van der Waals surface area contributed by atoms with Crippen LogP contribution >= 0.6 is 11.8 Å². The SMILES string of the molecule is Cc1ccc(-n2cnnc2SCCS(C)(=O)=O)c(C)c1.